The first-order chi connectivity index (χ1) is 16.0. The first-order valence-electron chi connectivity index (χ1n) is 9.83. The molecule has 168 valence electrons. The van der Waals surface area contributed by atoms with Gasteiger partial charge in [0.15, 0.2) is 5.82 Å². The van der Waals surface area contributed by atoms with E-state index < -0.39 is 12.0 Å². The molecule has 0 fully saturated rings. The summed E-state index contributed by atoms with van der Waals surface area (Å²) >= 11 is 0. The Kier molecular flexibility index (Phi) is 5.98. The van der Waals surface area contributed by atoms with Gasteiger partial charge in [-0.15, -0.1) is 0 Å². The van der Waals surface area contributed by atoms with Crippen LogP contribution in [0.1, 0.15) is 17.3 Å². The molecule has 0 radical (unpaired) electrons. The Morgan fingerprint density at radius 1 is 1.09 bits per heavy atom. The number of nitrogens with one attached hydrogen (secondary N) is 2. The number of anilines is 3. The highest BCUT2D eigenvalue weighted by Crippen LogP contribution is 2.33. The lowest BCUT2D eigenvalue weighted by molar-refractivity contribution is 0.0527. The van der Waals surface area contributed by atoms with Crippen LogP contribution in [0.15, 0.2) is 49.2 Å². The fraction of sp³-hybridized carbons (Fsp3) is 0.143. The molecule has 0 atom stereocenters. The van der Waals surface area contributed by atoms with Crippen LogP contribution in [0, 0.1) is 0 Å². The number of carbonyl (C=O) groups excluding carboxylic acids is 2. The number of amides is 2. The summed E-state index contributed by atoms with van der Waals surface area (Å²) in [4.78, 5) is 36.7. The van der Waals surface area contributed by atoms with Crippen LogP contribution < -0.4 is 21.1 Å². The number of urea groups is 1. The highest BCUT2D eigenvalue weighted by molar-refractivity contribution is 6.05. The number of nitrogens with zero attached hydrogens (tertiary/aromatic N) is 5. The number of fused-ring (bicyclic) bond motifs is 1. The quantitative estimate of drug-likeness (QED) is 0.377. The molecule has 3 heterocycles. The minimum absolute atomic E-state index is 0.220. The van der Waals surface area contributed by atoms with Crippen molar-refractivity contribution in [1.82, 2.24) is 24.6 Å². The number of nitrogens with two attached hydrogens (primary N) is 1. The molecule has 0 aliphatic heterocycles. The van der Waals surface area contributed by atoms with Crippen molar-refractivity contribution in [2.45, 2.75) is 6.92 Å². The molecule has 0 aliphatic rings. The summed E-state index contributed by atoms with van der Waals surface area (Å²) in [5.41, 5.74) is 8.58. The molecule has 0 bridgehead atoms. The highest BCUT2D eigenvalue weighted by Gasteiger charge is 2.22. The molecule has 4 rings (SSSR count). The monoisotopic (exact) mass is 448 g/mol. The number of rotatable bonds is 6. The van der Waals surface area contributed by atoms with Crippen LogP contribution in [-0.2, 0) is 4.74 Å². The maximum atomic E-state index is 12.5. The maximum Gasteiger partial charge on any atom is 0.340 e. The van der Waals surface area contributed by atoms with Gasteiger partial charge in [-0.2, -0.15) is 5.10 Å². The van der Waals surface area contributed by atoms with E-state index in [-0.39, 0.29) is 18.2 Å². The van der Waals surface area contributed by atoms with Gasteiger partial charge in [0.2, 0.25) is 5.88 Å². The van der Waals surface area contributed by atoms with E-state index in [1.807, 2.05) is 0 Å². The van der Waals surface area contributed by atoms with Crippen molar-refractivity contribution in [3.8, 4) is 17.0 Å². The Balaban J connectivity index is 1.60. The fourth-order valence-corrected chi connectivity index (χ4v) is 3.21. The standard InChI is InChI=1S/C21H20N8O4/c1-3-33-20(30)14-9-29-18(19(22)25-11-26-29)17(14)12-4-6-13(7-5-12)27-21(31)28-15-8-16(32-2)24-10-23-15/h4-11H,3H2,1-2H3,(H2,22,25,26)(H2,23,24,27,28,31). The molecule has 33 heavy (non-hydrogen) atoms. The molecule has 0 spiro atoms. The number of aromatic nitrogens is 5. The average molecular weight is 448 g/mol. The molecule has 12 nitrogen and oxygen atoms in total. The fourth-order valence-electron chi connectivity index (χ4n) is 3.21. The van der Waals surface area contributed by atoms with Gasteiger partial charge in [-0.3, -0.25) is 5.32 Å². The van der Waals surface area contributed by atoms with Crippen LogP contribution in [-0.4, -0.2) is 50.3 Å². The van der Waals surface area contributed by atoms with Crippen LogP contribution in [0.25, 0.3) is 16.6 Å². The van der Waals surface area contributed by atoms with Crippen LogP contribution >= 0.6 is 0 Å². The van der Waals surface area contributed by atoms with E-state index in [0.29, 0.717) is 33.8 Å². The molecule has 4 aromatic rings. The topological polar surface area (TPSA) is 159 Å². The van der Waals surface area contributed by atoms with E-state index in [0.717, 1.165) is 0 Å². The minimum Gasteiger partial charge on any atom is -0.481 e. The molecule has 4 N–H and O–H groups in total. The van der Waals surface area contributed by atoms with Gasteiger partial charge in [0, 0.05) is 23.5 Å². The smallest absolute Gasteiger partial charge is 0.340 e. The lowest BCUT2D eigenvalue weighted by Crippen LogP contribution is -2.20. The summed E-state index contributed by atoms with van der Waals surface area (Å²) in [6.07, 6.45) is 4.14. The molecule has 0 saturated carbocycles. The summed E-state index contributed by atoms with van der Waals surface area (Å²) < 4.78 is 11.7. The van der Waals surface area contributed by atoms with E-state index in [9.17, 15) is 9.59 Å². The SMILES string of the molecule is CCOC(=O)c1cn2ncnc(N)c2c1-c1ccc(NC(=O)Nc2cc(OC)ncn2)cc1. The Labute approximate surface area is 187 Å². The van der Waals surface area contributed by atoms with Gasteiger partial charge in [-0.1, -0.05) is 12.1 Å². The van der Waals surface area contributed by atoms with Crippen molar-refractivity contribution in [3.05, 3.63) is 54.7 Å². The van der Waals surface area contributed by atoms with Crippen molar-refractivity contribution in [2.24, 2.45) is 0 Å². The second-order valence-electron chi connectivity index (χ2n) is 6.68. The van der Waals surface area contributed by atoms with E-state index in [4.69, 9.17) is 15.2 Å². The van der Waals surface area contributed by atoms with Gasteiger partial charge < -0.3 is 20.5 Å². The molecular weight excluding hydrogens is 428 g/mol. The Morgan fingerprint density at radius 3 is 2.61 bits per heavy atom. The van der Waals surface area contributed by atoms with Crippen molar-refractivity contribution in [2.75, 3.05) is 30.1 Å². The van der Waals surface area contributed by atoms with Crippen LogP contribution in [0.3, 0.4) is 0 Å². The second-order valence-corrected chi connectivity index (χ2v) is 6.68. The summed E-state index contributed by atoms with van der Waals surface area (Å²) in [5, 5.41) is 9.44. The van der Waals surface area contributed by atoms with Crippen LogP contribution in [0.5, 0.6) is 5.88 Å². The zero-order valence-electron chi connectivity index (χ0n) is 17.8. The lowest BCUT2D eigenvalue weighted by Gasteiger charge is -2.09. The Hall–Kier alpha value is -4.74. The van der Waals surface area contributed by atoms with Gasteiger partial charge in [-0.05, 0) is 24.6 Å². The first kappa shape index (κ1) is 21.5. The van der Waals surface area contributed by atoms with Crippen molar-refractivity contribution >= 4 is 34.8 Å². The second kappa shape index (κ2) is 9.18. The number of esters is 1. The Bertz CT molecular complexity index is 1320. The van der Waals surface area contributed by atoms with E-state index in [2.05, 4.69) is 30.7 Å². The third-order valence-electron chi connectivity index (χ3n) is 4.62. The van der Waals surface area contributed by atoms with Gasteiger partial charge in [0.05, 0.1) is 19.3 Å². The van der Waals surface area contributed by atoms with E-state index in [1.165, 1.54) is 30.3 Å². The van der Waals surface area contributed by atoms with Crippen LogP contribution in [0.2, 0.25) is 0 Å². The zero-order chi connectivity index (χ0) is 23.4. The number of carbonyl (C=O) groups is 2. The van der Waals surface area contributed by atoms with Crippen molar-refractivity contribution in [3.63, 3.8) is 0 Å². The number of hydrogen-bond acceptors (Lipinski definition) is 9. The molecular formula is C21H20N8O4. The van der Waals surface area contributed by atoms with E-state index >= 15 is 0 Å². The van der Waals surface area contributed by atoms with Crippen LogP contribution in [0.4, 0.5) is 22.1 Å². The molecule has 2 amide bonds. The lowest BCUT2D eigenvalue weighted by atomic mass is 10.0. The van der Waals surface area contributed by atoms with Crippen molar-refractivity contribution < 1.29 is 19.1 Å². The first-order valence-corrected chi connectivity index (χ1v) is 9.83. The third kappa shape index (κ3) is 4.49. The summed E-state index contributed by atoms with van der Waals surface area (Å²) in [6, 6.07) is 7.86. The predicted octanol–water partition coefficient (Wildman–Crippen LogP) is 2.60. The number of hydrogen-bond donors (Lipinski definition) is 3. The van der Waals surface area contributed by atoms with Gasteiger partial charge in [0.25, 0.3) is 0 Å². The predicted molar refractivity (Wildman–Crippen MR) is 120 cm³/mol. The highest BCUT2D eigenvalue weighted by atomic mass is 16.5. The van der Waals surface area contributed by atoms with Gasteiger partial charge >= 0.3 is 12.0 Å². The molecule has 0 aliphatic carbocycles. The van der Waals surface area contributed by atoms with E-state index in [1.54, 1.807) is 37.4 Å². The number of methoxy groups -OCH3 is 1. The zero-order valence-corrected chi connectivity index (χ0v) is 17.8. The number of nitrogen functional groups attached to an aromatic ring is 1. The molecule has 0 unspecified atom stereocenters. The third-order valence-corrected chi connectivity index (χ3v) is 4.62. The summed E-state index contributed by atoms with van der Waals surface area (Å²) in [5.74, 6) is 0.326. The van der Waals surface area contributed by atoms with Gasteiger partial charge in [-0.25, -0.2) is 29.1 Å². The molecule has 3 aromatic heterocycles. The Morgan fingerprint density at radius 2 is 1.88 bits per heavy atom. The maximum absolute atomic E-state index is 12.5. The molecule has 1 aromatic carbocycles. The van der Waals surface area contributed by atoms with Crippen molar-refractivity contribution in [1.29, 1.82) is 0 Å². The van der Waals surface area contributed by atoms with Gasteiger partial charge in [0.1, 0.15) is 24.0 Å². The normalized spacial score (nSPS) is 10.6. The number of benzene rings is 1. The summed E-state index contributed by atoms with van der Waals surface area (Å²) in [6.45, 7) is 1.95. The summed E-state index contributed by atoms with van der Waals surface area (Å²) in [7, 11) is 1.47. The number of ether oxygens (including phenoxy) is 2. The minimum atomic E-state index is -0.501. The molecule has 12 heteroatoms. The average Bonchev–Trinajstić information content (AvgIpc) is 3.21. The molecule has 0 saturated heterocycles. The largest absolute Gasteiger partial charge is 0.481 e.